The summed E-state index contributed by atoms with van der Waals surface area (Å²) < 4.78 is 5.28. The molecule has 7 heteroatoms. The van der Waals surface area contributed by atoms with Crippen molar-refractivity contribution in [2.24, 2.45) is 5.41 Å². The lowest BCUT2D eigenvalue weighted by molar-refractivity contribution is -0.151. The molecule has 0 saturated carbocycles. The number of nitrogens with zero attached hydrogens (tertiary/aromatic N) is 3. The third-order valence-corrected chi connectivity index (χ3v) is 4.73. The van der Waals surface area contributed by atoms with Gasteiger partial charge in [0.05, 0.1) is 16.8 Å². The van der Waals surface area contributed by atoms with Gasteiger partial charge in [-0.2, -0.15) is 4.98 Å². The zero-order valence-electron chi connectivity index (χ0n) is 11.8. The molecule has 0 spiro atoms. The smallest absolute Gasteiger partial charge is 0.310 e. The Kier molecular flexibility index (Phi) is 3.77. The summed E-state index contributed by atoms with van der Waals surface area (Å²) in [5, 5.41) is 15.3. The van der Waals surface area contributed by atoms with Crippen molar-refractivity contribution >= 4 is 17.3 Å². The molecule has 2 aromatic heterocycles. The molecular formula is C14H17N3O3S. The Balaban J connectivity index is 1.68. The van der Waals surface area contributed by atoms with Gasteiger partial charge in [-0.25, -0.2) is 0 Å². The van der Waals surface area contributed by atoms with Crippen LogP contribution < -0.4 is 0 Å². The van der Waals surface area contributed by atoms with Gasteiger partial charge in [0.2, 0.25) is 11.7 Å². The van der Waals surface area contributed by atoms with E-state index in [1.54, 1.807) is 18.3 Å². The summed E-state index contributed by atoms with van der Waals surface area (Å²) in [6.45, 7) is 3.67. The predicted molar refractivity (Wildman–Crippen MR) is 77.9 cm³/mol. The Bertz CT molecular complexity index is 625. The molecule has 2 aromatic rings. The number of hydrogen-bond acceptors (Lipinski definition) is 6. The van der Waals surface area contributed by atoms with E-state index >= 15 is 0 Å². The molecule has 6 nitrogen and oxygen atoms in total. The van der Waals surface area contributed by atoms with Crippen LogP contribution in [0.4, 0.5) is 0 Å². The first-order valence-electron chi connectivity index (χ1n) is 6.89. The first kappa shape index (κ1) is 14.2. The summed E-state index contributed by atoms with van der Waals surface area (Å²) in [6.07, 6.45) is 1.58. The van der Waals surface area contributed by atoms with Crippen molar-refractivity contribution in [1.29, 1.82) is 0 Å². The van der Waals surface area contributed by atoms with Crippen LogP contribution in [0, 0.1) is 5.41 Å². The summed E-state index contributed by atoms with van der Waals surface area (Å²) in [6, 6.07) is 3.89. The number of aliphatic carboxylic acids is 1. The van der Waals surface area contributed by atoms with E-state index in [0.29, 0.717) is 31.2 Å². The highest BCUT2D eigenvalue weighted by Gasteiger charge is 2.38. The number of carboxylic acids is 1. The van der Waals surface area contributed by atoms with Gasteiger partial charge in [-0.3, -0.25) is 9.69 Å². The molecule has 1 fully saturated rings. The van der Waals surface area contributed by atoms with E-state index in [0.717, 1.165) is 17.8 Å². The van der Waals surface area contributed by atoms with Crippen molar-refractivity contribution in [3.8, 4) is 10.7 Å². The van der Waals surface area contributed by atoms with Crippen molar-refractivity contribution in [2.45, 2.75) is 26.3 Å². The molecule has 1 aliphatic rings. The van der Waals surface area contributed by atoms with Gasteiger partial charge >= 0.3 is 5.97 Å². The molecule has 1 unspecified atom stereocenters. The molecule has 1 saturated heterocycles. The fourth-order valence-corrected chi connectivity index (χ4v) is 3.32. The third-order valence-electron chi connectivity index (χ3n) is 3.86. The molecule has 1 aliphatic heterocycles. The van der Waals surface area contributed by atoms with Crippen molar-refractivity contribution in [3.05, 3.63) is 23.4 Å². The molecular weight excluding hydrogens is 290 g/mol. The van der Waals surface area contributed by atoms with Crippen LogP contribution in [-0.2, 0) is 11.3 Å². The summed E-state index contributed by atoms with van der Waals surface area (Å²) in [7, 11) is 0. The van der Waals surface area contributed by atoms with E-state index in [-0.39, 0.29) is 0 Å². The Hall–Kier alpha value is -1.73. The molecule has 1 atom stereocenters. The average molecular weight is 307 g/mol. The number of thiophene rings is 1. The zero-order chi connectivity index (χ0) is 14.9. The minimum Gasteiger partial charge on any atom is -0.481 e. The van der Waals surface area contributed by atoms with Gasteiger partial charge in [0, 0.05) is 6.54 Å². The predicted octanol–water partition coefficient (Wildman–Crippen LogP) is 2.48. The number of rotatable bonds is 4. The van der Waals surface area contributed by atoms with Crippen LogP contribution in [0.1, 0.15) is 25.7 Å². The van der Waals surface area contributed by atoms with Crippen LogP contribution in [0.25, 0.3) is 10.7 Å². The largest absolute Gasteiger partial charge is 0.481 e. The van der Waals surface area contributed by atoms with Crippen LogP contribution in [0.5, 0.6) is 0 Å². The average Bonchev–Trinajstić information content (AvgIpc) is 3.08. The van der Waals surface area contributed by atoms with Crippen LogP contribution >= 0.6 is 11.3 Å². The number of aromatic nitrogens is 2. The second kappa shape index (κ2) is 5.57. The molecule has 0 radical (unpaired) electrons. The van der Waals surface area contributed by atoms with Gasteiger partial charge in [0.1, 0.15) is 0 Å². The quantitative estimate of drug-likeness (QED) is 0.935. The minimum absolute atomic E-state index is 0.501. The van der Waals surface area contributed by atoms with Gasteiger partial charge in [-0.05, 0) is 37.8 Å². The molecule has 3 rings (SSSR count). The number of carboxylic acid groups (broad SMARTS) is 1. The van der Waals surface area contributed by atoms with Crippen molar-refractivity contribution in [2.75, 3.05) is 13.1 Å². The van der Waals surface area contributed by atoms with Crippen LogP contribution in [0.15, 0.2) is 22.0 Å². The van der Waals surface area contributed by atoms with Crippen molar-refractivity contribution < 1.29 is 14.4 Å². The van der Waals surface area contributed by atoms with Gasteiger partial charge < -0.3 is 9.63 Å². The van der Waals surface area contributed by atoms with Gasteiger partial charge in [-0.15, -0.1) is 11.3 Å². The summed E-state index contributed by atoms with van der Waals surface area (Å²) >= 11 is 1.56. The molecule has 0 amide bonds. The highest BCUT2D eigenvalue weighted by molar-refractivity contribution is 7.13. The molecule has 0 bridgehead atoms. The van der Waals surface area contributed by atoms with Gasteiger partial charge in [0.25, 0.3) is 0 Å². The standard InChI is InChI=1S/C14H17N3O3S/c1-14(13(18)19)5-3-6-17(9-14)8-11-15-12(16-20-11)10-4-2-7-21-10/h2,4,7H,3,5-6,8-9H2,1H3,(H,18,19). The fourth-order valence-electron chi connectivity index (χ4n) is 2.67. The van der Waals surface area contributed by atoms with E-state index in [2.05, 4.69) is 15.0 Å². The normalized spacial score (nSPS) is 23.3. The monoisotopic (exact) mass is 307 g/mol. The molecule has 0 aliphatic carbocycles. The van der Waals surface area contributed by atoms with E-state index in [4.69, 9.17) is 4.52 Å². The molecule has 3 heterocycles. The molecule has 21 heavy (non-hydrogen) atoms. The summed E-state index contributed by atoms with van der Waals surface area (Å²) in [5.74, 6) is 0.392. The van der Waals surface area contributed by atoms with Crippen LogP contribution in [0.2, 0.25) is 0 Å². The second-order valence-corrected chi connectivity index (χ2v) is 6.62. The topological polar surface area (TPSA) is 79.5 Å². The molecule has 1 N–H and O–H groups in total. The lowest BCUT2D eigenvalue weighted by Gasteiger charge is -2.36. The van der Waals surface area contributed by atoms with Crippen LogP contribution in [-0.4, -0.2) is 39.2 Å². The zero-order valence-corrected chi connectivity index (χ0v) is 12.6. The lowest BCUT2D eigenvalue weighted by atomic mass is 9.82. The van der Waals surface area contributed by atoms with E-state index in [1.165, 1.54) is 0 Å². The maximum atomic E-state index is 11.4. The lowest BCUT2D eigenvalue weighted by Crippen LogP contribution is -2.45. The summed E-state index contributed by atoms with van der Waals surface area (Å²) in [4.78, 5) is 18.8. The Labute approximate surface area is 126 Å². The minimum atomic E-state index is -0.739. The first-order valence-corrected chi connectivity index (χ1v) is 7.77. The van der Waals surface area contributed by atoms with E-state index < -0.39 is 11.4 Å². The Morgan fingerprint density at radius 3 is 3.19 bits per heavy atom. The van der Waals surface area contributed by atoms with Crippen LogP contribution in [0.3, 0.4) is 0 Å². The number of carbonyl (C=O) groups is 1. The van der Waals surface area contributed by atoms with E-state index in [9.17, 15) is 9.90 Å². The number of hydrogen-bond donors (Lipinski definition) is 1. The second-order valence-electron chi connectivity index (χ2n) is 5.67. The third kappa shape index (κ3) is 2.98. The Morgan fingerprint density at radius 1 is 1.62 bits per heavy atom. The van der Waals surface area contributed by atoms with Gasteiger partial charge in [-0.1, -0.05) is 11.2 Å². The number of piperidine rings is 1. The summed E-state index contributed by atoms with van der Waals surface area (Å²) in [5.41, 5.74) is -0.686. The van der Waals surface area contributed by atoms with E-state index in [1.807, 2.05) is 17.5 Å². The van der Waals surface area contributed by atoms with Gasteiger partial charge in [0.15, 0.2) is 0 Å². The highest BCUT2D eigenvalue weighted by atomic mass is 32.1. The SMILES string of the molecule is CC1(C(=O)O)CCCN(Cc2nc(-c3cccs3)no2)C1. The maximum Gasteiger partial charge on any atom is 0.310 e. The Morgan fingerprint density at radius 2 is 2.48 bits per heavy atom. The molecule has 0 aromatic carbocycles. The van der Waals surface area contributed by atoms with Crippen molar-refractivity contribution in [1.82, 2.24) is 15.0 Å². The molecule has 112 valence electrons. The number of likely N-dealkylation sites (tertiary alicyclic amines) is 1. The highest BCUT2D eigenvalue weighted by Crippen LogP contribution is 2.30. The first-order chi connectivity index (χ1) is 10.1. The maximum absolute atomic E-state index is 11.4. The fraction of sp³-hybridized carbons (Fsp3) is 0.500. The van der Waals surface area contributed by atoms with Crippen molar-refractivity contribution in [3.63, 3.8) is 0 Å².